The van der Waals surface area contributed by atoms with Crippen LogP contribution in [-0.2, 0) is 13.6 Å². The van der Waals surface area contributed by atoms with Crippen LogP contribution in [0.4, 0.5) is 9.18 Å². The lowest BCUT2D eigenvalue weighted by Gasteiger charge is -2.23. The molecule has 3 aromatic rings. The quantitative estimate of drug-likeness (QED) is 0.571. The van der Waals surface area contributed by atoms with E-state index in [-0.39, 0.29) is 11.8 Å². The van der Waals surface area contributed by atoms with Crippen LogP contribution in [0.15, 0.2) is 54.6 Å². The third-order valence-electron chi connectivity index (χ3n) is 4.62. The predicted octanol–water partition coefficient (Wildman–Crippen LogP) is 4.96. The topological polar surface area (TPSA) is 59.4 Å². The summed E-state index contributed by atoms with van der Waals surface area (Å²) in [6.45, 7) is 5.42. The molecule has 0 spiro atoms. The summed E-state index contributed by atoms with van der Waals surface area (Å²) < 4.78 is 21.1. The number of amides is 2. The van der Waals surface area contributed by atoms with Gasteiger partial charge in [-0.1, -0.05) is 37.3 Å². The van der Waals surface area contributed by atoms with Gasteiger partial charge in [-0.3, -0.25) is 0 Å². The number of carbonyl (C=O) groups is 1. The Morgan fingerprint density at radius 2 is 1.83 bits per heavy atom. The summed E-state index contributed by atoms with van der Waals surface area (Å²) in [5.41, 5.74) is 2.48. The zero-order valence-corrected chi connectivity index (χ0v) is 17.6. The fourth-order valence-electron chi connectivity index (χ4n) is 3.24. The van der Waals surface area contributed by atoms with Crippen LogP contribution in [0, 0.1) is 5.82 Å². The first-order chi connectivity index (χ1) is 14.5. The lowest BCUT2D eigenvalue weighted by Crippen LogP contribution is -2.39. The summed E-state index contributed by atoms with van der Waals surface area (Å²) in [6, 6.07) is 15.5. The van der Waals surface area contributed by atoms with Gasteiger partial charge in [0.05, 0.1) is 12.1 Å². The van der Waals surface area contributed by atoms with Crippen molar-refractivity contribution in [3.8, 4) is 22.9 Å². The number of carbonyl (C=O) groups excluding carboxylic acids is 1. The van der Waals surface area contributed by atoms with Crippen LogP contribution in [-0.4, -0.2) is 33.8 Å². The number of nitrogens with one attached hydrogen (secondary N) is 1. The molecule has 0 aliphatic carbocycles. The maximum Gasteiger partial charge on any atom is 0.317 e. The number of aryl methyl sites for hydroxylation is 1. The minimum absolute atomic E-state index is 0.130. The number of hydrogen-bond acceptors (Lipinski definition) is 3. The first-order valence-corrected chi connectivity index (χ1v) is 10.1. The van der Waals surface area contributed by atoms with Crippen LogP contribution in [0.25, 0.3) is 11.3 Å². The van der Waals surface area contributed by atoms with Gasteiger partial charge in [0.1, 0.15) is 17.3 Å². The van der Waals surface area contributed by atoms with E-state index < -0.39 is 0 Å². The SMILES string of the molecule is CCCN(Cc1c(-c2ccccc2)nn(C)c1Oc1ccc(F)cc1)C(=O)NCC. The lowest BCUT2D eigenvalue weighted by molar-refractivity contribution is 0.195. The van der Waals surface area contributed by atoms with Gasteiger partial charge in [-0.25, -0.2) is 13.9 Å². The van der Waals surface area contributed by atoms with Crippen molar-refractivity contribution >= 4 is 6.03 Å². The summed E-state index contributed by atoms with van der Waals surface area (Å²) in [5.74, 6) is 0.689. The largest absolute Gasteiger partial charge is 0.439 e. The number of hydrogen-bond donors (Lipinski definition) is 1. The van der Waals surface area contributed by atoms with E-state index >= 15 is 0 Å². The molecule has 1 aromatic heterocycles. The van der Waals surface area contributed by atoms with Crippen molar-refractivity contribution in [2.75, 3.05) is 13.1 Å². The Bertz CT molecular complexity index is 971. The molecule has 30 heavy (non-hydrogen) atoms. The summed E-state index contributed by atoms with van der Waals surface area (Å²) in [7, 11) is 1.80. The third-order valence-corrected chi connectivity index (χ3v) is 4.62. The average Bonchev–Trinajstić information content (AvgIpc) is 3.05. The van der Waals surface area contributed by atoms with Gasteiger partial charge in [0.25, 0.3) is 0 Å². The van der Waals surface area contributed by atoms with Crippen molar-refractivity contribution in [1.29, 1.82) is 0 Å². The fraction of sp³-hybridized carbons (Fsp3) is 0.304. The predicted molar refractivity (Wildman–Crippen MR) is 115 cm³/mol. The Hall–Kier alpha value is -3.35. The highest BCUT2D eigenvalue weighted by molar-refractivity contribution is 5.75. The molecule has 0 bridgehead atoms. The second kappa shape index (κ2) is 9.91. The molecular formula is C23H27FN4O2. The molecule has 0 fully saturated rings. The van der Waals surface area contributed by atoms with Crippen LogP contribution in [0.3, 0.4) is 0 Å². The van der Waals surface area contributed by atoms with Gasteiger partial charge >= 0.3 is 6.03 Å². The zero-order valence-electron chi connectivity index (χ0n) is 17.6. The van der Waals surface area contributed by atoms with Gasteiger partial charge in [0.15, 0.2) is 0 Å². The van der Waals surface area contributed by atoms with E-state index in [1.807, 2.05) is 44.2 Å². The molecule has 1 N–H and O–H groups in total. The molecule has 0 atom stereocenters. The Morgan fingerprint density at radius 1 is 1.13 bits per heavy atom. The van der Waals surface area contributed by atoms with E-state index in [4.69, 9.17) is 4.74 Å². The van der Waals surface area contributed by atoms with Crippen LogP contribution in [0.2, 0.25) is 0 Å². The molecule has 6 nitrogen and oxygen atoms in total. The van der Waals surface area contributed by atoms with Crippen molar-refractivity contribution in [3.63, 3.8) is 0 Å². The van der Waals surface area contributed by atoms with E-state index in [1.54, 1.807) is 28.8 Å². The smallest absolute Gasteiger partial charge is 0.317 e. The van der Waals surface area contributed by atoms with Crippen molar-refractivity contribution < 1.29 is 13.9 Å². The van der Waals surface area contributed by atoms with Crippen LogP contribution < -0.4 is 10.1 Å². The zero-order chi connectivity index (χ0) is 21.5. The number of nitrogens with zero attached hydrogens (tertiary/aromatic N) is 3. The highest BCUT2D eigenvalue weighted by Crippen LogP contribution is 2.34. The monoisotopic (exact) mass is 410 g/mol. The van der Waals surface area contributed by atoms with Gasteiger partial charge in [0.2, 0.25) is 5.88 Å². The second-order valence-corrected chi connectivity index (χ2v) is 6.93. The van der Waals surface area contributed by atoms with E-state index in [1.165, 1.54) is 12.1 Å². The number of benzene rings is 2. The summed E-state index contributed by atoms with van der Waals surface area (Å²) >= 11 is 0. The van der Waals surface area contributed by atoms with Crippen molar-refractivity contribution in [2.24, 2.45) is 7.05 Å². The Morgan fingerprint density at radius 3 is 2.47 bits per heavy atom. The molecule has 0 saturated carbocycles. The van der Waals surface area contributed by atoms with E-state index in [9.17, 15) is 9.18 Å². The maximum atomic E-state index is 13.3. The van der Waals surface area contributed by atoms with E-state index in [0.29, 0.717) is 31.3 Å². The van der Waals surface area contributed by atoms with Gasteiger partial charge in [0, 0.05) is 25.7 Å². The second-order valence-electron chi connectivity index (χ2n) is 6.93. The number of ether oxygens (including phenoxy) is 1. The number of halogens is 1. The fourth-order valence-corrected chi connectivity index (χ4v) is 3.24. The van der Waals surface area contributed by atoms with Crippen LogP contribution in [0.1, 0.15) is 25.8 Å². The van der Waals surface area contributed by atoms with Crippen molar-refractivity contribution in [2.45, 2.75) is 26.8 Å². The van der Waals surface area contributed by atoms with E-state index in [0.717, 1.165) is 23.2 Å². The molecular weight excluding hydrogens is 383 g/mol. The maximum absolute atomic E-state index is 13.3. The summed E-state index contributed by atoms with van der Waals surface area (Å²) in [5, 5.41) is 7.54. The highest BCUT2D eigenvalue weighted by atomic mass is 19.1. The van der Waals surface area contributed by atoms with Gasteiger partial charge in [-0.15, -0.1) is 0 Å². The number of urea groups is 1. The molecule has 7 heteroatoms. The molecule has 0 radical (unpaired) electrons. The highest BCUT2D eigenvalue weighted by Gasteiger charge is 2.24. The molecule has 0 unspecified atom stereocenters. The molecule has 3 rings (SSSR count). The molecule has 158 valence electrons. The molecule has 0 saturated heterocycles. The van der Waals surface area contributed by atoms with Crippen molar-refractivity contribution in [3.05, 3.63) is 66.0 Å². The number of rotatable bonds is 8. The van der Waals surface area contributed by atoms with Gasteiger partial charge < -0.3 is 15.0 Å². The van der Waals surface area contributed by atoms with Gasteiger partial charge in [-0.2, -0.15) is 5.10 Å². The van der Waals surface area contributed by atoms with Gasteiger partial charge in [-0.05, 0) is 37.6 Å². The van der Waals surface area contributed by atoms with Crippen molar-refractivity contribution in [1.82, 2.24) is 20.0 Å². The first kappa shape index (κ1) is 21.4. The molecule has 0 aliphatic heterocycles. The minimum Gasteiger partial charge on any atom is -0.439 e. The molecule has 1 heterocycles. The first-order valence-electron chi connectivity index (χ1n) is 10.1. The minimum atomic E-state index is -0.331. The Labute approximate surface area is 176 Å². The third kappa shape index (κ3) is 4.97. The van der Waals surface area contributed by atoms with E-state index in [2.05, 4.69) is 10.4 Å². The molecule has 2 aromatic carbocycles. The Kier molecular flexibility index (Phi) is 7.06. The lowest BCUT2D eigenvalue weighted by atomic mass is 10.1. The molecule has 2 amide bonds. The summed E-state index contributed by atoms with van der Waals surface area (Å²) in [4.78, 5) is 14.4. The standard InChI is InChI=1S/C23H27FN4O2/c1-4-15-28(23(29)25-5-2)16-20-21(17-9-7-6-8-10-17)26-27(3)22(20)30-19-13-11-18(24)12-14-19/h6-14H,4-5,15-16H2,1-3H3,(H,25,29). The normalized spacial score (nSPS) is 10.7. The number of aromatic nitrogens is 2. The van der Waals surface area contributed by atoms with Crippen LogP contribution in [0.5, 0.6) is 11.6 Å². The Balaban J connectivity index is 2.04. The van der Waals surface area contributed by atoms with Crippen LogP contribution >= 0.6 is 0 Å². The average molecular weight is 410 g/mol. The summed E-state index contributed by atoms with van der Waals surface area (Å²) in [6.07, 6.45) is 0.826. The molecule has 0 aliphatic rings.